The fourth-order valence-corrected chi connectivity index (χ4v) is 3.16. The predicted molar refractivity (Wildman–Crippen MR) is 167 cm³/mol. The Labute approximate surface area is 251 Å². The molecular weight excluding hydrogens is 540 g/mol. The number of hydrogen-bond donors (Lipinski definition) is 5. The van der Waals surface area contributed by atoms with Crippen LogP contribution in [-0.4, -0.2) is 67.5 Å². The fourth-order valence-electron chi connectivity index (χ4n) is 3.16. The topological polar surface area (TPSA) is 172 Å². The van der Waals surface area contributed by atoms with Crippen molar-refractivity contribution in [3.05, 3.63) is 29.8 Å². The predicted octanol–water partition coefficient (Wildman–Crippen LogP) is 4.14. The van der Waals surface area contributed by atoms with Crippen molar-refractivity contribution in [2.24, 2.45) is 11.7 Å². The maximum Gasteiger partial charge on any atom is 0.409 e. The lowest BCUT2D eigenvalue weighted by molar-refractivity contribution is -0.130. The molecule has 0 aliphatic rings. The molecule has 1 aromatic rings. The molecule has 0 spiro atoms. The van der Waals surface area contributed by atoms with Crippen LogP contribution >= 0.6 is 0 Å². The number of anilines is 1. The molecule has 12 nitrogen and oxygen atoms in total. The van der Waals surface area contributed by atoms with Crippen LogP contribution in [0.2, 0.25) is 0 Å². The molecule has 0 saturated heterocycles. The van der Waals surface area contributed by atoms with Crippen LogP contribution in [0.4, 0.5) is 15.3 Å². The highest BCUT2D eigenvalue weighted by Crippen LogP contribution is 2.11. The Balaban J connectivity index is 0. The van der Waals surface area contributed by atoms with Crippen LogP contribution in [0.25, 0.3) is 0 Å². The van der Waals surface area contributed by atoms with E-state index >= 15 is 0 Å². The van der Waals surface area contributed by atoms with Crippen molar-refractivity contribution in [2.45, 2.75) is 93.2 Å². The number of unbranched alkanes of at least 4 members (excludes halogenated alkanes) is 1. The molecule has 0 bridgehead atoms. The number of carbonyl (C=O) groups excluding carboxylic acids is 5. The van der Waals surface area contributed by atoms with Crippen LogP contribution in [-0.2, 0) is 25.7 Å². The SMILES string of the molecule is CC.CCCCN(C)C(=O)OCc1ccc(NC(=O)CNC(=O)C(NC(=O)CCC)C(C)C)cc1.CCCNC(N)=O. The second-order valence-corrected chi connectivity index (χ2v) is 9.62. The number of nitrogens with two attached hydrogens (primary N) is 1. The number of carbonyl (C=O) groups is 5. The number of hydrogen-bond acceptors (Lipinski definition) is 6. The van der Waals surface area contributed by atoms with Gasteiger partial charge in [0.05, 0.1) is 6.54 Å². The first-order chi connectivity index (χ1) is 19.9. The van der Waals surface area contributed by atoms with Crippen LogP contribution in [0.5, 0.6) is 0 Å². The molecule has 1 aromatic carbocycles. The van der Waals surface area contributed by atoms with Gasteiger partial charge in [0.25, 0.3) is 0 Å². The second-order valence-electron chi connectivity index (χ2n) is 9.62. The largest absolute Gasteiger partial charge is 0.445 e. The van der Waals surface area contributed by atoms with Gasteiger partial charge in [0, 0.05) is 32.2 Å². The van der Waals surface area contributed by atoms with Gasteiger partial charge in [0.15, 0.2) is 0 Å². The highest BCUT2D eigenvalue weighted by Gasteiger charge is 2.24. The molecule has 0 aliphatic carbocycles. The smallest absolute Gasteiger partial charge is 0.409 e. The molecule has 0 radical (unpaired) electrons. The van der Waals surface area contributed by atoms with E-state index in [-0.39, 0.29) is 37.0 Å². The van der Waals surface area contributed by atoms with Gasteiger partial charge in [-0.3, -0.25) is 14.4 Å². The minimum atomic E-state index is -0.695. The molecule has 42 heavy (non-hydrogen) atoms. The molecule has 0 aliphatic heterocycles. The lowest BCUT2D eigenvalue weighted by Crippen LogP contribution is -2.50. The normalized spacial score (nSPS) is 10.5. The maximum absolute atomic E-state index is 12.4. The highest BCUT2D eigenvalue weighted by molar-refractivity contribution is 5.96. The third kappa shape index (κ3) is 20.1. The molecule has 12 heteroatoms. The molecule has 0 saturated carbocycles. The number of benzene rings is 1. The average molecular weight is 595 g/mol. The number of nitrogens with one attached hydrogen (secondary N) is 4. The molecule has 240 valence electrons. The second kappa shape index (κ2) is 24.9. The van der Waals surface area contributed by atoms with Gasteiger partial charge >= 0.3 is 12.1 Å². The Morgan fingerprint density at radius 1 is 0.905 bits per heavy atom. The van der Waals surface area contributed by atoms with E-state index < -0.39 is 18.0 Å². The quantitative estimate of drug-likeness (QED) is 0.204. The van der Waals surface area contributed by atoms with Gasteiger partial charge < -0.3 is 36.6 Å². The summed E-state index contributed by atoms with van der Waals surface area (Å²) in [7, 11) is 1.71. The molecule has 1 unspecified atom stereocenters. The van der Waals surface area contributed by atoms with Crippen molar-refractivity contribution in [3.8, 4) is 0 Å². The van der Waals surface area contributed by atoms with Crippen molar-refractivity contribution < 1.29 is 28.7 Å². The van der Waals surface area contributed by atoms with Crippen molar-refractivity contribution in [1.82, 2.24) is 20.9 Å². The van der Waals surface area contributed by atoms with E-state index in [1.807, 2.05) is 41.5 Å². The van der Waals surface area contributed by atoms with Crippen molar-refractivity contribution in [3.63, 3.8) is 0 Å². The van der Waals surface area contributed by atoms with Crippen LogP contribution in [0.3, 0.4) is 0 Å². The van der Waals surface area contributed by atoms with Crippen LogP contribution < -0.4 is 27.0 Å². The van der Waals surface area contributed by atoms with Crippen molar-refractivity contribution in [2.75, 3.05) is 32.0 Å². The minimum Gasteiger partial charge on any atom is -0.445 e. The van der Waals surface area contributed by atoms with Gasteiger partial charge in [-0.1, -0.05) is 67.0 Å². The summed E-state index contributed by atoms with van der Waals surface area (Å²) in [6, 6.07) is 5.77. The zero-order valence-electron chi connectivity index (χ0n) is 26.8. The summed E-state index contributed by atoms with van der Waals surface area (Å²) in [5, 5.41) is 10.4. The molecule has 1 atom stereocenters. The van der Waals surface area contributed by atoms with Gasteiger partial charge in [0.2, 0.25) is 17.7 Å². The summed E-state index contributed by atoms with van der Waals surface area (Å²) in [6.45, 7) is 14.8. The van der Waals surface area contributed by atoms with Crippen LogP contribution in [0.1, 0.15) is 86.1 Å². The number of ether oxygens (including phenoxy) is 1. The number of urea groups is 1. The molecular formula is C30H54N6O6. The van der Waals surface area contributed by atoms with Crippen molar-refractivity contribution >= 4 is 35.5 Å². The number of nitrogens with zero attached hydrogens (tertiary/aromatic N) is 1. The zero-order valence-corrected chi connectivity index (χ0v) is 26.8. The molecule has 0 heterocycles. The van der Waals surface area contributed by atoms with Crippen LogP contribution in [0, 0.1) is 5.92 Å². The van der Waals surface area contributed by atoms with Crippen molar-refractivity contribution in [1.29, 1.82) is 0 Å². The number of primary amides is 1. The zero-order chi connectivity index (χ0) is 32.5. The summed E-state index contributed by atoms with van der Waals surface area (Å²) in [5.41, 5.74) is 6.08. The van der Waals surface area contributed by atoms with Gasteiger partial charge in [-0.05, 0) is 42.9 Å². The summed E-state index contributed by atoms with van der Waals surface area (Å²) in [5.74, 6) is -1.08. The summed E-state index contributed by atoms with van der Waals surface area (Å²) < 4.78 is 5.28. The minimum absolute atomic E-state index is 0.109. The number of rotatable bonds is 15. The first-order valence-electron chi connectivity index (χ1n) is 14.8. The van der Waals surface area contributed by atoms with E-state index in [0.717, 1.165) is 24.8 Å². The molecule has 0 aromatic heterocycles. The molecule has 0 fully saturated rings. The van der Waals surface area contributed by atoms with Gasteiger partial charge in [-0.25, -0.2) is 9.59 Å². The van der Waals surface area contributed by atoms with E-state index in [1.54, 1.807) is 36.2 Å². The van der Waals surface area contributed by atoms with E-state index in [0.29, 0.717) is 31.6 Å². The van der Waals surface area contributed by atoms with Gasteiger partial charge in [0.1, 0.15) is 12.6 Å². The lowest BCUT2D eigenvalue weighted by atomic mass is 10.0. The fraction of sp³-hybridized carbons (Fsp3) is 0.633. The van der Waals surface area contributed by atoms with E-state index in [2.05, 4.69) is 28.2 Å². The summed E-state index contributed by atoms with van der Waals surface area (Å²) in [4.78, 5) is 59.8. The van der Waals surface area contributed by atoms with E-state index in [9.17, 15) is 24.0 Å². The first kappa shape index (κ1) is 40.3. The van der Waals surface area contributed by atoms with Gasteiger partial charge in [-0.2, -0.15) is 0 Å². The number of amides is 6. The monoisotopic (exact) mass is 594 g/mol. The average Bonchev–Trinajstić information content (AvgIpc) is 2.97. The third-order valence-electron chi connectivity index (χ3n) is 5.47. The molecule has 6 N–H and O–H groups in total. The maximum atomic E-state index is 12.4. The Bertz CT molecular complexity index is 923. The lowest BCUT2D eigenvalue weighted by Gasteiger charge is -2.21. The Morgan fingerprint density at radius 2 is 1.52 bits per heavy atom. The van der Waals surface area contributed by atoms with Crippen LogP contribution in [0.15, 0.2) is 24.3 Å². The molecule has 6 amide bonds. The Hall–Kier alpha value is -3.83. The molecule has 1 rings (SSSR count). The standard InChI is InChI=1S/C24H38N4O5.C4H10N2O.C2H6/c1-6-8-14-28(5)24(32)33-16-18-10-12-19(13-11-18)26-21(30)15-25-23(31)22(17(3)4)27-20(29)9-7-2;1-2-3-6-4(5)7;1-2/h10-13,17,22H,6-9,14-16H2,1-5H3,(H,25,31)(H,26,30)(H,27,29);2-3H2,1H3,(H3,5,6,7);1-2H3. The summed E-state index contributed by atoms with van der Waals surface area (Å²) in [6.07, 6.45) is 3.53. The van der Waals surface area contributed by atoms with Gasteiger partial charge in [-0.15, -0.1) is 0 Å². The Kier molecular flexibility index (Phi) is 23.9. The Morgan fingerprint density at radius 3 is 2.00 bits per heavy atom. The highest BCUT2D eigenvalue weighted by atomic mass is 16.6. The first-order valence-corrected chi connectivity index (χ1v) is 14.8. The van der Waals surface area contributed by atoms with E-state index in [4.69, 9.17) is 10.5 Å². The third-order valence-corrected chi connectivity index (χ3v) is 5.47. The summed E-state index contributed by atoms with van der Waals surface area (Å²) >= 11 is 0. The van der Waals surface area contributed by atoms with E-state index in [1.165, 1.54) is 0 Å².